The normalized spacial score (nSPS) is 28.3. The zero-order valence-corrected chi connectivity index (χ0v) is 11.3. The van der Waals surface area contributed by atoms with Gasteiger partial charge < -0.3 is 5.32 Å². The van der Waals surface area contributed by atoms with E-state index in [1.54, 1.807) is 0 Å². The Kier molecular flexibility index (Phi) is 5.88. The maximum absolute atomic E-state index is 11.9. The molecule has 18 heavy (non-hydrogen) atoms. The van der Waals surface area contributed by atoms with Gasteiger partial charge in [0.05, 0.1) is 6.61 Å². The summed E-state index contributed by atoms with van der Waals surface area (Å²) >= 11 is 0. The van der Waals surface area contributed by atoms with Crippen molar-refractivity contribution < 1.29 is 17.9 Å². The molecule has 1 heterocycles. The Hall–Kier alpha value is -0.330. The van der Waals surface area contributed by atoms with Gasteiger partial charge in [-0.25, -0.2) is 0 Å². The SMILES string of the molecule is CCC(C)C1CN(CCOC(F)(F)F)C(C)CN1. The molecule has 0 aliphatic carbocycles. The third-order valence-electron chi connectivity index (χ3n) is 3.71. The van der Waals surface area contributed by atoms with Crippen LogP contribution in [0, 0.1) is 5.92 Å². The predicted molar refractivity (Wildman–Crippen MR) is 64.3 cm³/mol. The van der Waals surface area contributed by atoms with Crippen molar-refractivity contribution in [2.24, 2.45) is 5.92 Å². The lowest BCUT2D eigenvalue weighted by Crippen LogP contribution is -2.58. The van der Waals surface area contributed by atoms with E-state index >= 15 is 0 Å². The van der Waals surface area contributed by atoms with E-state index in [0.717, 1.165) is 19.5 Å². The van der Waals surface area contributed by atoms with Gasteiger partial charge in [-0.15, -0.1) is 13.2 Å². The fourth-order valence-corrected chi connectivity index (χ4v) is 2.20. The van der Waals surface area contributed by atoms with E-state index in [9.17, 15) is 13.2 Å². The van der Waals surface area contributed by atoms with Crippen molar-refractivity contribution >= 4 is 0 Å². The molecular formula is C12H23F3N2O. The molecule has 0 radical (unpaired) electrons. The summed E-state index contributed by atoms with van der Waals surface area (Å²) in [6, 6.07) is 0.610. The second-order valence-corrected chi connectivity index (χ2v) is 5.04. The van der Waals surface area contributed by atoms with Crippen molar-refractivity contribution in [1.29, 1.82) is 0 Å². The molecule has 108 valence electrons. The maximum Gasteiger partial charge on any atom is 0.522 e. The van der Waals surface area contributed by atoms with Gasteiger partial charge in [-0.3, -0.25) is 9.64 Å². The second-order valence-electron chi connectivity index (χ2n) is 5.04. The van der Waals surface area contributed by atoms with Crippen LogP contribution < -0.4 is 5.32 Å². The van der Waals surface area contributed by atoms with E-state index in [1.807, 2.05) is 6.92 Å². The van der Waals surface area contributed by atoms with Gasteiger partial charge in [0.2, 0.25) is 0 Å². The molecule has 3 unspecified atom stereocenters. The largest absolute Gasteiger partial charge is 0.522 e. The lowest BCUT2D eigenvalue weighted by atomic mass is 9.96. The number of piperazine rings is 1. The zero-order chi connectivity index (χ0) is 13.8. The molecule has 1 N–H and O–H groups in total. The Morgan fingerprint density at radius 2 is 2.11 bits per heavy atom. The summed E-state index contributed by atoms with van der Waals surface area (Å²) in [5, 5.41) is 3.45. The summed E-state index contributed by atoms with van der Waals surface area (Å²) in [6.07, 6.45) is -3.45. The van der Waals surface area contributed by atoms with Gasteiger partial charge in [0.1, 0.15) is 0 Å². The topological polar surface area (TPSA) is 24.5 Å². The molecule has 0 bridgehead atoms. The zero-order valence-electron chi connectivity index (χ0n) is 11.3. The van der Waals surface area contributed by atoms with Crippen LogP contribution in [0.5, 0.6) is 0 Å². The number of halogens is 3. The molecule has 1 saturated heterocycles. The Morgan fingerprint density at radius 1 is 1.44 bits per heavy atom. The summed E-state index contributed by atoms with van der Waals surface area (Å²) < 4.78 is 39.6. The smallest absolute Gasteiger partial charge is 0.311 e. The molecule has 0 amide bonds. The molecule has 0 aromatic heterocycles. The van der Waals surface area contributed by atoms with Crippen molar-refractivity contribution in [3.63, 3.8) is 0 Å². The van der Waals surface area contributed by atoms with E-state index < -0.39 is 6.36 Å². The first-order chi connectivity index (χ1) is 8.33. The molecular weight excluding hydrogens is 245 g/mol. The van der Waals surface area contributed by atoms with Gasteiger partial charge >= 0.3 is 6.36 Å². The van der Waals surface area contributed by atoms with Crippen molar-refractivity contribution in [2.75, 3.05) is 26.2 Å². The summed E-state index contributed by atoms with van der Waals surface area (Å²) in [7, 11) is 0. The lowest BCUT2D eigenvalue weighted by Gasteiger charge is -2.40. The van der Waals surface area contributed by atoms with Crippen LogP contribution >= 0.6 is 0 Å². The average molecular weight is 268 g/mol. The monoisotopic (exact) mass is 268 g/mol. The number of nitrogens with zero attached hydrogens (tertiary/aromatic N) is 1. The molecule has 3 nitrogen and oxygen atoms in total. The molecule has 3 atom stereocenters. The maximum atomic E-state index is 11.9. The van der Waals surface area contributed by atoms with E-state index in [4.69, 9.17) is 0 Å². The summed E-state index contributed by atoms with van der Waals surface area (Å²) in [6.45, 7) is 7.96. The summed E-state index contributed by atoms with van der Waals surface area (Å²) in [5.74, 6) is 0.531. The molecule has 1 rings (SSSR count). The minimum absolute atomic E-state index is 0.252. The van der Waals surface area contributed by atoms with Crippen LogP contribution in [0.3, 0.4) is 0 Å². The van der Waals surface area contributed by atoms with Gasteiger partial charge in [-0.1, -0.05) is 20.3 Å². The molecule has 0 spiro atoms. The van der Waals surface area contributed by atoms with Crippen molar-refractivity contribution in [2.45, 2.75) is 45.6 Å². The molecule has 0 aromatic rings. The number of ether oxygens (including phenoxy) is 1. The van der Waals surface area contributed by atoms with E-state index in [2.05, 4.69) is 28.8 Å². The molecule has 0 aromatic carbocycles. The van der Waals surface area contributed by atoms with Crippen LogP contribution in [0.25, 0.3) is 0 Å². The average Bonchev–Trinajstić information content (AvgIpc) is 2.29. The molecule has 0 saturated carbocycles. The Balaban J connectivity index is 2.38. The van der Waals surface area contributed by atoms with Gasteiger partial charge in [0.15, 0.2) is 0 Å². The molecule has 6 heteroatoms. The summed E-state index contributed by atoms with van der Waals surface area (Å²) in [5.41, 5.74) is 0. The first-order valence-electron chi connectivity index (χ1n) is 6.51. The predicted octanol–water partition coefficient (Wildman–Crippen LogP) is 2.23. The molecule has 1 aliphatic rings. The van der Waals surface area contributed by atoms with Crippen LogP contribution in [0.1, 0.15) is 27.2 Å². The van der Waals surface area contributed by atoms with Crippen LogP contribution in [-0.4, -0.2) is 49.6 Å². The number of alkyl halides is 3. The quantitative estimate of drug-likeness (QED) is 0.827. The van der Waals surface area contributed by atoms with Crippen LogP contribution in [0.2, 0.25) is 0 Å². The number of rotatable bonds is 5. The fourth-order valence-electron chi connectivity index (χ4n) is 2.20. The minimum atomic E-state index is -4.52. The number of hydrogen-bond donors (Lipinski definition) is 1. The third kappa shape index (κ3) is 5.12. The highest BCUT2D eigenvalue weighted by Crippen LogP contribution is 2.18. The highest BCUT2D eigenvalue weighted by atomic mass is 19.4. The standard InChI is InChI=1S/C12H23F3N2O/c1-4-9(2)11-8-17(10(3)7-16-11)5-6-18-12(13,14)15/h9-11,16H,4-8H2,1-3H3. The fraction of sp³-hybridized carbons (Fsp3) is 1.00. The van der Waals surface area contributed by atoms with Crippen molar-refractivity contribution in [1.82, 2.24) is 10.2 Å². The minimum Gasteiger partial charge on any atom is -0.311 e. The number of hydrogen-bond acceptors (Lipinski definition) is 3. The van der Waals surface area contributed by atoms with Crippen LogP contribution in [0.4, 0.5) is 13.2 Å². The summed E-state index contributed by atoms with van der Waals surface area (Å²) in [4.78, 5) is 2.07. The Labute approximate surface area is 107 Å². The van der Waals surface area contributed by atoms with E-state index in [1.165, 1.54) is 0 Å². The second kappa shape index (κ2) is 6.73. The molecule has 1 fully saturated rings. The van der Waals surface area contributed by atoms with Gasteiger partial charge in [-0.05, 0) is 12.8 Å². The molecule has 1 aliphatic heterocycles. The first kappa shape index (κ1) is 15.7. The van der Waals surface area contributed by atoms with E-state index in [0.29, 0.717) is 18.5 Å². The Morgan fingerprint density at radius 3 is 2.67 bits per heavy atom. The van der Waals surface area contributed by atoms with Crippen LogP contribution in [-0.2, 0) is 4.74 Å². The van der Waals surface area contributed by atoms with Crippen LogP contribution in [0.15, 0.2) is 0 Å². The van der Waals surface area contributed by atoms with Gasteiger partial charge in [0.25, 0.3) is 0 Å². The van der Waals surface area contributed by atoms with Gasteiger partial charge in [0, 0.05) is 31.7 Å². The van der Waals surface area contributed by atoms with E-state index in [-0.39, 0.29) is 12.6 Å². The Bertz CT molecular complexity index is 248. The van der Waals surface area contributed by atoms with Gasteiger partial charge in [-0.2, -0.15) is 0 Å². The first-order valence-corrected chi connectivity index (χ1v) is 6.51. The highest BCUT2D eigenvalue weighted by Gasteiger charge is 2.31. The van der Waals surface area contributed by atoms with Crippen molar-refractivity contribution in [3.8, 4) is 0 Å². The number of nitrogens with one attached hydrogen (secondary N) is 1. The highest BCUT2D eigenvalue weighted by molar-refractivity contribution is 4.86. The van der Waals surface area contributed by atoms with Crippen molar-refractivity contribution in [3.05, 3.63) is 0 Å². The third-order valence-corrected chi connectivity index (χ3v) is 3.71. The lowest BCUT2D eigenvalue weighted by molar-refractivity contribution is -0.325.